The van der Waals surface area contributed by atoms with Gasteiger partial charge in [0.25, 0.3) is 0 Å². The molecule has 0 aromatic heterocycles. The second kappa shape index (κ2) is 7.47. The largest absolute Gasteiger partial charge is 0.479 e. The van der Waals surface area contributed by atoms with E-state index in [2.05, 4.69) is 21.2 Å². The Balaban J connectivity index is 2.93. The van der Waals surface area contributed by atoms with E-state index in [0.29, 0.717) is 18.2 Å². The molecule has 1 saturated carbocycles. The Bertz CT molecular complexity index is 374. The highest BCUT2D eigenvalue weighted by molar-refractivity contribution is 9.09. The number of aliphatic carboxylic acids is 1. The second-order valence-electron chi connectivity index (χ2n) is 6.68. The van der Waals surface area contributed by atoms with Crippen molar-refractivity contribution in [3.05, 3.63) is 0 Å². The summed E-state index contributed by atoms with van der Waals surface area (Å²) < 4.78 is 5.26. The van der Waals surface area contributed by atoms with Crippen LogP contribution in [-0.2, 0) is 9.53 Å². The van der Waals surface area contributed by atoms with Crippen LogP contribution in [0.4, 0.5) is 4.79 Å². The molecule has 21 heavy (non-hydrogen) atoms. The Morgan fingerprint density at radius 1 is 1.29 bits per heavy atom. The van der Waals surface area contributed by atoms with Gasteiger partial charge in [-0.2, -0.15) is 0 Å². The van der Waals surface area contributed by atoms with Crippen LogP contribution >= 0.6 is 15.9 Å². The molecule has 0 aromatic rings. The van der Waals surface area contributed by atoms with Crippen LogP contribution in [0.2, 0.25) is 0 Å². The molecule has 0 heterocycles. The average Bonchev–Trinajstić information content (AvgIpc) is 2.85. The van der Waals surface area contributed by atoms with E-state index in [1.807, 2.05) is 0 Å². The summed E-state index contributed by atoms with van der Waals surface area (Å²) in [7, 11) is 0. The Morgan fingerprint density at radius 2 is 1.86 bits per heavy atom. The average molecular weight is 364 g/mol. The molecule has 1 amide bonds. The minimum Gasteiger partial charge on any atom is -0.479 e. The third-order valence-corrected chi connectivity index (χ3v) is 4.42. The van der Waals surface area contributed by atoms with Crippen molar-refractivity contribution in [1.82, 2.24) is 5.32 Å². The summed E-state index contributed by atoms with van der Waals surface area (Å²) in [6.07, 6.45) is 4.17. The second-order valence-corrected chi connectivity index (χ2v) is 7.47. The van der Waals surface area contributed by atoms with Gasteiger partial charge in [-0.15, -0.1) is 0 Å². The van der Waals surface area contributed by atoms with Crippen LogP contribution in [0.25, 0.3) is 0 Å². The molecule has 0 bridgehead atoms. The van der Waals surface area contributed by atoms with Crippen molar-refractivity contribution >= 4 is 28.0 Å². The molecule has 0 spiro atoms. The van der Waals surface area contributed by atoms with E-state index in [4.69, 9.17) is 4.74 Å². The fraction of sp³-hybridized carbons (Fsp3) is 0.867. The van der Waals surface area contributed by atoms with Gasteiger partial charge in [0, 0.05) is 5.33 Å². The number of carbonyl (C=O) groups excluding carboxylic acids is 1. The number of hydrogen-bond acceptors (Lipinski definition) is 3. The number of alkyl carbamates (subject to hydrolysis) is 1. The number of hydrogen-bond donors (Lipinski definition) is 2. The van der Waals surface area contributed by atoms with Crippen molar-refractivity contribution in [3.63, 3.8) is 0 Å². The van der Waals surface area contributed by atoms with Crippen LogP contribution in [0.15, 0.2) is 0 Å². The first kappa shape index (κ1) is 18.3. The van der Waals surface area contributed by atoms with Crippen molar-refractivity contribution < 1.29 is 19.4 Å². The first-order valence-electron chi connectivity index (χ1n) is 7.52. The van der Waals surface area contributed by atoms with E-state index in [1.54, 1.807) is 20.8 Å². The van der Waals surface area contributed by atoms with Crippen LogP contribution in [0.3, 0.4) is 0 Å². The summed E-state index contributed by atoms with van der Waals surface area (Å²) in [5, 5.41) is 13.2. The highest BCUT2D eigenvalue weighted by Gasteiger charge is 2.48. The molecular weight excluding hydrogens is 338 g/mol. The summed E-state index contributed by atoms with van der Waals surface area (Å²) >= 11 is 3.34. The maximum Gasteiger partial charge on any atom is 0.408 e. The lowest BCUT2D eigenvalue weighted by molar-refractivity contribution is -0.148. The fourth-order valence-corrected chi connectivity index (χ4v) is 3.23. The lowest BCUT2D eigenvalue weighted by Gasteiger charge is -2.36. The molecule has 1 aliphatic carbocycles. The monoisotopic (exact) mass is 363 g/mol. The minimum absolute atomic E-state index is 0.0263. The Hall–Kier alpha value is -0.780. The van der Waals surface area contributed by atoms with Crippen LogP contribution in [-0.4, -0.2) is 33.6 Å². The van der Waals surface area contributed by atoms with E-state index in [0.717, 1.165) is 25.7 Å². The van der Waals surface area contributed by atoms with Gasteiger partial charge in [-0.05, 0) is 52.4 Å². The predicted molar refractivity (Wildman–Crippen MR) is 84.7 cm³/mol. The standard InChI is InChI=1S/C15H26BrNO4/c1-14(2,3)21-13(20)17-15(12(18)19,9-6-10-16)11-7-4-5-8-11/h11H,4-10H2,1-3H3,(H,17,20)(H,18,19)/t15-/m0/s1. The van der Waals surface area contributed by atoms with Crippen molar-refractivity contribution in [2.24, 2.45) is 5.92 Å². The molecule has 2 N–H and O–H groups in total. The molecule has 0 aliphatic heterocycles. The Labute approximate surface area is 134 Å². The summed E-state index contributed by atoms with van der Waals surface area (Å²) in [6.45, 7) is 5.30. The van der Waals surface area contributed by atoms with E-state index < -0.39 is 23.2 Å². The lowest BCUT2D eigenvalue weighted by Crippen LogP contribution is -2.59. The van der Waals surface area contributed by atoms with Gasteiger partial charge < -0.3 is 15.2 Å². The van der Waals surface area contributed by atoms with Crippen LogP contribution in [0.1, 0.15) is 59.3 Å². The van der Waals surface area contributed by atoms with E-state index in [1.165, 1.54) is 0 Å². The van der Waals surface area contributed by atoms with Crippen LogP contribution in [0.5, 0.6) is 0 Å². The Kier molecular flexibility index (Phi) is 6.50. The zero-order valence-electron chi connectivity index (χ0n) is 13.1. The molecule has 0 aromatic carbocycles. The smallest absolute Gasteiger partial charge is 0.408 e. The summed E-state index contributed by atoms with van der Waals surface area (Å²) in [5.74, 6) is -0.984. The number of alkyl halides is 1. The number of amides is 1. The number of carbonyl (C=O) groups is 2. The first-order valence-corrected chi connectivity index (χ1v) is 8.64. The number of ether oxygens (including phenoxy) is 1. The van der Waals surface area contributed by atoms with Crippen LogP contribution in [0, 0.1) is 5.92 Å². The van der Waals surface area contributed by atoms with Crippen molar-refractivity contribution in [1.29, 1.82) is 0 Å². The van der Waals surface area contributed by atoms with Gasteiger partial charge >= 0.3 is 12.1 Å². The lowest BCUT2D eigenvalue weighted by atomic mass is 9.79. The number of rotatable bonds is 6. The number of nitrogens with one attached hydrogen (secondary N) is 1. The quantitative estimate of drug-likeness (QED) is 0.705. The highest BCUT2D eigenvalue weighted by atomic mass is 79.9. The third-order valence-electron chi connectivity index (χ3n) is 3.86. The van der Waals surface area contributed by atoms with Crippen molar-refractivity contribution in [3.8, 4) is 0 Å². The maximum absolute atomic E-state index is 12.1. The van der Waals surface area contributed by atoms with Crippen molar-refractivity contribution in [2.75, 3.05) is 5.33 Å². The maximum atomic E-state index is 12.1. The topological polar surface area (TPSA) is 75.6 Å². The number of halogens is 1. The van der Waals surface area contributed by atoms with Gasteiger partial charge in [-0.25, -0.2) is 9.59 Å². The normalized spacial score (nSPS) is 19.0. The predicted octanol–water partition coefficient (Wildman–Crippen LogP) is 3.70. The Morgan fingerprint density at radius 3 is 2.29 bits per heavy atom. The van der Waals surface area contributed by atoms with E-state index in [9.17, 15) is 14.7 Å². The molecule has 1 fully saturated rings. The zero-order chi connectivity index (χ0) is 16.1. The molecule has 1 rings (SSSR count). The van der Waals surface area contributed by atoms with Gasteiger partial charge in [-0.1, -0.05) is 28.8 Å². The number of carboxylic acids is 1. The van der Waals surface area contributed by atoms with Gasteiger partial charge in [0.2, 0.25) is 0 Å². The molecule has 122 valence electrons. The summed E-state index contributed by atoms with van der Waals surface area (Å²) in [5.41, 5.74) is -1.86. The van der Waals surface area contributed by atoms with Crippen LogP contribution < -0.4 is 5.32 Å². The SMILES string of the molecule is CC(C)(C)OC(=O)N[C@](CCCBr)(C(=O)O)C1CCCC1. The van der Waals surface area contributed by atoms with Gasteiger partial charge in [0.15, 0.2) is 0 Å². The van der Waals surface area contributed by atoms with Crippen molar-refractivity contribution in [2.45, 2.75) is 70.4 Å². The van der Waals surface area contributed by atoms with Gasteiger partial charge in [0.05, 0.1) is 0 Å². The minimum atomic E-state index is -1.22. The molecule has 0 saturated heterocycles. The number of carboxylic acid groups (broad SMARTS) is 1. The molecule has 0 radical (unpaired) electrons. The summed E-state index contributed by atoms with van der Waals surface area (Å²) in [6, 6.07) is 0. The van der Waals surface area contributed by atoms with E-state index in [-0.39, 0.29) is 5.92 Å². The molecular formula is C15H26BrNO4. The first-order chi connectivity index (χ1) is 9.71. The highest BCUT2D eigenvalue weighted by Crippen LogP contribution is 2.37. The molecule has 1 atom stereocenters. The molecule has 5 nitrogen and oxygen atoms in total. The van der Waals surface area contributed by atoms with Gasteiger partial charge in [0.1, 0.15) is 11.1 Å². The fourth-order valence-electron chi connectivity index (χ4n) is 2.95. The van der Waals surface area contributed by atoms with Gasteiger partial charge in [-0.3, -0.25) is 0 Å². The third kappa shape index (κ3) is 5.16. The van der Waals surface area contributed by atoms with E-state index >= 15 is 0 Å². The summed E-state index contributed by atoms with van der Waals surface area (Å²) in [4.78, 5) is 24.0. The zero-order valence-corrected chi connectivity index (χ0v) is 14.7. The molecule has 1 aliphatic rings. The molecule has 6 heteroatoms. The molecule has 0 unspecified atom stereocenters.